The van der Waals surface area contributed by atoms with Crippen LogP contribution >= 0.6 is 23.5 Å². The van der Waals surface area contributed by atoms with Crippen molar-refractivity contribution in [2.75, 3.05) is 25.2 Å². The van der Waals surface area contributed by atoms with E-state index in [1.165, 1.54) is 18.9 Å². The largest absolute Gasteiger partial charge is 0.480 e. The van der Waals surface area contributed by atoms with E-state index < -0.39 is 26.2 Å². The molecule has 0 bridgehead atoms. The summed E-state index contributed by atoms with van der Waals surface area (Å²) < 4.78 is 4.74. The monoisotopic (exact) mass is 467 g/mol. The van der Waals surface area contributed by atoms with E-state index in [-0.39, 0.29) is 36.1 Å². The van der Waals surface area contributed by atoms with Crippen LogP contribution in [0.3, 0.4) is 0 Å². The minimum Gasteiger partial charge on any atom is -0.480 e. The molecule has 1 saturated carbocycles. The van der Waals surface area contributed by atoms with Crippen molar-refractivity contribution >= 4 is 49.7 Å². The summed E-state index contributed by atoms with van der Waals surface area (Å²) in [5, 5.41) is 46.7. The van der Waals surface area contributed by atoms with Gasteiger partial charge >= 0.3 is 26.2 Å². The van der Waals surface area contributed by atoms with E-state index in [4.69, 9.17) is 29.9 Å². The zero-order valence-electron chi connectivity index (χ0n) is 16.6. The van der Waals surface area contributed by atoms with E-state index in [0.717, 1.165) is 32.2 Å². The summed E-state index contributed by atoms with van der Waals surface area (Å²) in [7, 11) is -1.12. The Hall–Kier alpha value is -0.430. The van der Waals surface area contributed by atoms with Gasteiger partial charge < -0.3 is 35.3 Å². The number of methoxy groups -OCH3 is 1. The lowest BCUT2D eigenvalue weighted by atomic mass is 9.88. The molecular weight excluding hydrogens is 432 g/mol. The quantitative estimate of drug-likeness (QED) is 0.192. The Morgan fingerprint density at radius 2 is 1.57 bits per heavy atom. The fraction of sp³-hybridized carbons (Fsp3) is 0.882. The number of nitrogens with one attached hydrogen (secondary N) is 1. The highest BCUT2D eigenvalue weighted by Gasteiger charge is 2.34. The van der Waals surface area contributed by atoms with Crippen molar-refractivity contribution in [3.63, 3.8) is 0 Å². The molecule has 2 fully saturated rings. The van der Waals surface area contributed by atoms with Gasteiger partial charge in [-0.3, -0.25) is 9.59 Å². The third-order valence-electron chi connectivity index (χ3n) is 4.80. The molecule has 2 aliphatic rings. The zero-order chi connectivity index (χ0) is 21.8. The molecule has 0 aromatic carbocycles. The lowest BCUT2D eigenvalue weighted by Crippen LogP contribution is -2.37. The molecule has 0 radical (unpaired) electrons. The van der Waals surface area contributed by atoms with E-state index in [9.17, 15) is 9.59 Å². The summed E-state index contributed by atoms with van der Waals surface area (Å²) in [6, 6.07) is -0.490. The number of rotatable bonds is 10. The van der Waals surface area contributed by atoms with Crippen molar-refractivity contribution in [1.82, 2.24) is 5.32 Å². The number of hydrogen-bond acceptors (Lipinski definition) is 10. The molecule has 0 aromatic rings. The number of hydrogen-bond donors (Lipinski definition) is 6. The summed E-state index contributed by atoms with van der Waals surface area (Å²) in [6.45, 7) is 0.719. The van der Waals surface area contributed by atoms with Crippen LogP contribution in [0.2, 0.25) is 12.6 Å². The first-order valence-corrected chi connectivity index (χ1v) is 11.9. The van der Waals surface area contributed by atoms with E-state index in [1.54, 1.807) is 11.8 Å². The number of carbonyl (C=O) groups is 2. The van der Waals surface area contributed by atoms with Gasteiger partial charge in [-0.25, -0.2) is 0 Å². The van der Waals surface area contributed by atoms with Gasteiger partial charge in [-0.05, 0) is 50.0 Å². The molecule has 4 atom stereocenters. The van der Waals surface area contributed by atoms with Gasteiger partial charge in [0.15, 0.2) is 0 Å². The number of ether oxygens (including phenoxy) is 1. The van der Waals surface area contributed by atoms with E-state index >= 15 is 0 Å². The number of thioether (sulfide) groups is 2. The minimum atomic E-state index is -1.29. The van der Waals surface area contributed by atoms with Crippen molar-refractivity contribution in [2.24, 2.45) is 5.92 Å². The molecule has 1 aliphatic carbocycles. The Morgan fingerprint density at radius 3 is 2.07 bits per heavy atom. The molecule has 1 saturated heterocycles. The van der Waals surface area contributed by atoms with Crippen LogP contribution < -0.4 is 5.32 Å². The first-order chi connectivity index (χ1) is 13.8. The molecule has 6 N–H and O–H groups in total. The highest BCUT2D eigenvalue weighted by Crippen LogP contribution is 2.36. The average molecular weight is 467 g/mol. The summed E-state index contributed by atoms with van der Waals surface area (Å²) in [4.78, 5) is 22.1. The molecule has 13 heteroatoms. The molecule has 1 aliphatic heterocycles. The van der Waals surface area contributed by atoms with Gasteiger partial charge in [-0.1, -0.05) is 13.8 Å². The highest BCUT2D eigenvalue weighted by molar-refractivity contribution is 8.00. The van der Waals surface area contributed by atoms with Gasteiger partial charge in [0.05, 0.1) is 13.0 Å². The predicted molar refractivity (Wildman–Crippen MR) is 123 cm³/mol. The average Bonchev–Trinajstić information content (AvgIpc) is 3.30. The molecule has 2 rings (SSSR count). The topological polar surface area (TPSA) is 157 Å². The van der Waals surface area contributed by atoms with E-state index in [1.807, 2.05) is 0 Å². The summed E-state index contributed by atoms with van der Waals surface area (Å²) in [5.41, 5.74) is 0. The predicted octanol–water partition coefficient (Wildman–Crippen LogP) is 0.178. The summed E-state index contributed by atoms with van der Waals surface area (Å²) >= 11 is 3.13. The Kier molecular flexibility index (Phi) is 16.0. The molecule has 174 valence electrons. The smallest absolute Gasteiger partial charge is 0.452 e. The molecule has 30 heavy (non-hydrogen) atoms. The lowest BCUT2D eigenvalue weighted by molar-refractivity contribution is -0.145. The summed E-state index contributed by atoms with van der Waals surface area (Å²) in [5.74, 6) is 0.291. The van der Waals surface area contributed by atoms with Crippen molar-refractivity contribution in [2.45, 2.75) is 62.3 Å². The number of aliphatic carboxylic acids is 1. The maximum absolute atomic E-state index is 11.4. The number of carboxylic acid groups (broad SMARTS) is 1. The van der Waals surface area contributed by atoms with Crippen LogP contribution in [0.5, 0.6) is 0 Å². The van der Waals surface area contributed by atoms with Gasteiger partial charge in [-0.2, -0.15) is 23.5 Å². The number of carboxylic acids is 1. The van der Waals surface area contributed by atoms with Crippen LogP contribution in [0.25, 0.3) is 0 Å². The van der Waals surface area contributed by atoms with Crippen LogP contribution in [-0.2, 0) is 14.3 Å². The maximum Gasteiger partial charge on any atom is 0.452 e. The number of carbonyl (C=O) groups excluding carboxylic acids is 1. The van der Waals surface area contributed by atoms with Gasteiger partial charge in [0.1, 0.15) is 6.04 Å². The Labute approximate surface area is 188 Å². The van der Waals surface area contributed by atoms with Crippen molar-refractivity contribution in [1.29, 1.82) is 0 Å². The molecule has 9 nitrogen and oxygen atoms in total. The van der Waals surface area contributed by atoms with E-state index in [0.29, 0.717) is 17.8 Å². The van der Waals surface area contributed by atoms with Gasteiger partial charge in [0.25, 0.3) is 0 Å². The van der Waals surface area contributed by atoms with Crippen LogP contribution in [0.4, 0.5) is 0 Å². The molecule has 0 unspecified atom stereocenters. The van der Waals surface area contributed by atoms with Crippen molar-refractivity contribution in [3.05, 3.63) is 0 Å². The standard InChI is InChI=1S/C9H17BO4S.C7H14BNO4S.CH4/c1-14-9(11)7-3-2-4-8(7)15-6-5-10(12)13;10-7(11)6-5(1-3-9-6)14-4-2-8(12)13;/h7-8,12-13H,2-6H2,1H3;5-6,9,12-13H,1-4H2,(H,10,11);1H4/t7-,8+;5-,6+;/m01./s1. The van der Waals surface area contributed by atoms with E-state index in [2.05, 4.69) is 5.32 Å². The van der Waals surface area contributed by atoms with Gasteiger partial charge in [0, 0.05) is 10.5 Å². The van der Waals surface area contributed by atoms with Crippen LogP contribution in [0.15, 0.2) is 0 Å². The first-order valence-electron chi connectivity index (χ1n) is 9.75. The second-order valence-electron chi connectivity index (χ2n) is 6.98. The SMILES string of the molecule is C.COC(=O)[C@H]1CCC[C@H]1SCCB(O)O.O=C(O)[C@H]1NCC[C@H]1SCCB(O)O. The third kappa shape index (κ3) is 11.3. The summed E-state index contributed by atoms with van der Waals surface area (Å²) in [6.07, 6.45) is 4.43. The first kappa shape index (κ1) is 29.6. The van der Waals surface area contributed by atoms with Crippen LogP contribution in [0.1, 0.15) is 33.1 Å². The Morgan fingerprint density at radius 1 is 1.00 bits per heavy atom. The highest BCUT2D eigenvalue weighted by atomic mass is 32.2. The minimum absolute atomic E-state index is 0. The third-order valence-corrected chi connectivity index (χ3v) is 7.67. The maximum atomic E-state index is 11.4. The van der Waals surface area contributed by atoms with Gasteiger partial charge in [0.2, 0.25) is 0 Å². The zero-order valence-corrected chi connectivity index (χ0v) is 18.2. The number of esters is 1. The molecule has 0 spiro atoms. The van der Waals surface area contributed by atoms with Crippen LogP contribution in [-0.4, -0.2) is 93.1 Å². The lowest BCUT2D eigenvalue weighted by Gasteiger charge is -2.16. The second-order valence-corrected chi connectivity index (χ2v) is 9.67. The van der Waals surface area contributed by atoms with Crippen LogP contribution in [0, 0.1) is 5.92 Å². The molecule has 1 heterocycles. The Balaban J connectivity index is 0.000000544. The second kappa shape index (κ2) is 16.2. The van der Waals surface area contributed by atoms with Gasteiger partial charge in [-0.15, -0.1) is 0 Å². The Bertz CT molecular complexity index is 504. The molecular formula is C17H35B2NO8S2. The fourth-order valence-corrected chi connectivity index (χ4v) is 6.10. The molecule has 0 aromatic heterocycles. The van der Waals surface area contributed by atoms with Crippen molar-refractivity contribution in [3.8, 4) is 0 Å². The van der Waals surface area contributed by atoms with Crippen molar-refractivity contribution < 1.29 is 39.5 Å². The normalized spacial score (nSPS) is 25.0. The molecule has 0 amide bonds. The fourth-order valence-electron chi connectivity index (χ4n) is 3.30.